The maximum atomic E-state index is 9.30. The number of nitrogens with zero attached hydrogens (tertiary/aromatic N) is 3. The molecule has 0 spiro atoms. The summed E-state index contributed by atoms with van der Waals surface area (Å²) in [6.07, 6.45) is 0.971. The second-order valence-electron chi connectivity index (χ2n) is 6.06. The third-order valence-corrected chi connectivity index (χ3v) is 4.09. The van der Waals surface area contributed by atoms with E-state index in [4.69, 9.17) is 0 Å². The summed E-state index contributed by atoms with van der Waals surface area (Å²) in [5.41, 5.74) is 3.13. The van der Waals surface area contributed by atoms with Gasteiger partial charge in [-0.15, -0.1) is 0 Å². The largest absolute Gasteiger partial charge is 0.352 e. The zero-order valence-corrected chi connectivity index (χ0v) is 14.9. The van der Waals surface area contributed by atoms with E-state index in [-0.39, 0.29) is 6.04 Å². The molecule has 0 radical (unpaired) electrons. The number of nitriles is 1. The van der Waals surface area contributed by atoms with E-state index < -0.39 is 0 Å². The Morgan fingerprint density at radius 3 is 2.50 bits per heavy atom. The number of aromatic nitrogens is 2. The lowest BCUT2D eigenvalue weighted by Crippen LogP contribution is -2.16. The van der Waals surface area contributed by atoms with Gasteiger partial charge in [0.1, 0.15) is 11.9 Å². The average Bonchev–Trinajstić information content (AvgIpc) is 2.69. The van der Waals surface area contributed by atoms with Crippen LogP contribution in [0.15, 0.2) is 60.7 Å². The minimum absolute atomic E-state index is 0.264. The molecule has 3 rings (SSSR count). The SMILES string of the molecule is CC[C@@H](C)Nc1nc(Nc2ccccc2C#N)cc(-c2ccccc2)n1. The van der Waals surface area contributed by atoms with Crippen LogP contribution in [-0.4, -0.2) is 16.0 Å². The van der Waals surface area contributed by atoms with E-state index in [9.17, 15) is 5.26 Å². The summed E-state index contributed by atoms with van der Waals surface area (Å²) in [6.45, 7) is 4.21. The molecule has 0 amide bonds. The summed E-state index contributed by atoms with van der Waals surface area (Å²) in [6, 6.07) is 21.7. The second kappa shape index (κ2) is 8.13. The lowest BCUT2D eigenvalue weighted by atomic mass is 10.1. The Bertz CT molecular complexity index is 915. The monoisotopic (exact) mass is 343 g/mol. The summed E-state index contributed by atoms with van der Waals surface area (Å²) >= 11 is 0. The van der Waals surface area contributed by atoms with Crippen LogP contribution in [-0.2, 0) is 0 Å². The Hall–Kier alpha value is -3.39. The molecule has 0 aliphatic carbocycles. The fraction of sp³-hybridized carbons (Fsp3) is 0.190. The van der Waals surface area contributed by atoms with Crippen molar-refractivity contribution in [1.82, 2.24) is 9.97 Å². The minimum atomic E-state index is 0.264. The zero-order chi connectivity index (χ0) is 18.4. The third kappa shape index (κ3) is 4.17. The second-order valence-corrected chi connectivity index (χ2v) is 6.06. The van der Waals surface area contributed by atoms with Crippen molar-refractivity contribution >= 4 is 17.5 Å². The first-order chi connectivity index (χ1) is 12.7. The number of rotatable bonds is 6. The van der Waals surface area contributed by atoms with Gasteiger partial charge in [-0.1, -0.05) is 49.4 Å². The minimum Gasteiger partial charge on any atom is -0.352 e. The van der Waals surface area contributed by atoms with Crippen molar-refractivity contribution in [3.63, 3.8) is 0 Å². The molecule has 5 heteroatoms. The van der Waals surface area contributed by atoms with Crippen molar-refractivity contribution in [3.05, 3.63) is 66.2 Å². The van der Waals surface area contributed by atoms with E-state index in [0.29, 0.717) is 17.3 Å². The molecule has 0 aliphatic heterocycles. The zero-order valence-electron chi connectivity index (χ0n) is 14.9. The number of para-hydroxylation sites is 1. The van der Waals surface area contributed by atoms with Crippen molar-refractivity contribution in [1.29, 1.82) is 5.26 Å². The molecule has 0 bridgehead atoms. The predicted molar refractivity (Wildman–Crippen MR) is 105 cm³/mol. The smallest absolute Gasteiger partial charge is 0.225 e. The average molecular weight is 343 g/mol. The highest BCUT2D eigenvalue weighted by Crippen LogP contribution is 2.25. The molecular formula is C21H21N5. The summed E-state index contributed by atoms with van der Waals surface area (Å²) in [5, 5.41) is 15.9. The van der Waals surface area contributed by atoms with E-state index in [1.54, 1.807) is 6.07 Å². The normalized spacial score (nSPS) is 11.4. The van der Waals surface area contributed by atoms with Crippen molar-refractivity contribution in [2.75, 3.05) is 10.6 Å². The highest BCUT2D eigenvalue weighted by molar-refractivity contribution is 5.70. The van der Waals surface area contributed by atoms with Crippen LogP contribution < -0.4 is 10.6 Å². The molecule has 2 aromatic carbocycles. The fourth-order valence-corrected chi connectivity index (χ4v) is 2.48. The van der Waals surface area contributed by atoms with Gasteiger partial charge in [-0.2, -0.15) is 10.2 Å². The molecule has 0 unspecified atom stereocenters. The van der Waals surface area contributed by atoms with Crippen LogP contribution in [0, 0.1) is 11.3 Å². The Labute approximate surface area is 153 Å². The molecule has 0 aliphatic rings. The van der Waals surface area contributed by atoms with Crippen molar-refractivity contribution in [3.8, 4) is 17.3 Å². The van der Waals surface area contributed by atoms with Crippen LogP contribution >= 0.6 is 0 Å². The van der Waals surface area contributed by atoms with Gasteiger partial charge in [0.2, 0.25) is 5.95 Å². The number of anilines is 3. The fourth-order valence-electron chi connectivity index (χ4n) is 2.48. The van der Waals surface area contributed by atoms with Gasteiger partial charge in [-0.3, -0.25) is 0 Å². The lowest BCUT2D eigenvalue weighted by Gasteiger charge is -2.15. The molecular weight excluding hydrogens is 322 g/mol. The predicted octanol–water partition coefficient (Wildman–Crippen LogP) is 4.97. The molecule has 2 N–H and O–H groups in total. The number of hydrogen-bond acceptors (Lipinski definition) is 5. The Kier molecular flexibility index (Phi) is 5.45. The van der Waals surface area contributed by atoms with Crippen molar-refractivity contribution < 1.29 is 0 Å². The van der Waals surface area contributed by atoms with Crippen LogP contribution in [0.4, 0.5) is 17.5 Å². The van der Waals surface area contributed by atoms with E-state index in [1.165, 1.54) is 0 Å². The molecule has 130 valence electrons. The van der Waals surface area contributed by atoms with Crippen LogP contribution in [0.1, 0.15) is 25.8 Å². The van der Waals surface area contributed by atoms with Gasteiger partial charge in [0.05, 0.1) is 16.9 Å². The first-order valence-corrected chi connectivity index (χ1v) is 8.66. The van der Waals surface area contributed by atoms with E-state index in [1.807, 2.05) is 54.6 Å². The molecule has 1 aromatic heterocycles. The van der Waals surface area contributed by atoms with Crippen molar-refractivity contribution in [2.24, 2.45) is 0 Å². The topological polar surface area (TPSA) is 73.6 Å². The highest BCUT2D eigenvalue weighted by Gasteiger charge is 2.10. The van der Waals surface area contributed by atoms with Crippen molar-refractivity contribution in [2.45, 2.75) is 26.3 Å². The lowest BCUT2D eigenvalue weighted by molar-refractivity contribution is 0.753. The van der Waals surface area contributed by atoms with Gasteiger partial charge in [-0.25, -0.2) is 4.98 Å². The van der Waals surface area contributed by atoms with E-state index in [2.05, 4.69) is 40.5 Å². The van der Waals surface area contributed by atoms with Gasteiger partial charge in [-0.05, 0) is 25.5 Å². The number of hydrogen-bond donors (Lipinski definition) is 2. The summed E-state index contributed by atoms with van der Waals surface area (Å²) < 4.78 is 0. The Balaban J connectivity index is 2.01. The van der Waals surface area contributed by atoms with Crippen LogP contribution in [0.5, 0.6) is 0 Å². The Morgan fingerprint density at radius 1 is 1.04 bits per heavy atom. The maximum absolute atomic E-state index is 9.30. The van der Waals surface area contributed by atoms with Gasteiger partial charge in [0.15, 0.2) is 0 Å². The summed E-state index contributed by atoms with van der Waals surface area (Å²) in [4.78, 5) is 9.22. The molecule has 0 fully saturated rings. The van der Waals surface area contributed by atoms with Crippen LogP contribution in [0.3, 0.4) is 0 Å². The van der Waals surface area contributed by atoms with E-state index in [0.717, 1.165) is 23.4 Å². The van der Waals surface area contributed by atoms with Crippen LogP contribution in [0.2, 0.25) is 0 Å². The third-order valence-electron chi connectivity index (χ3n) is 4.09. The summed E-state index contributed by atoms with van der Waals surface area (Å²) in [5.74, 6) is 1.21. The molecule has 26 heavy (non-hydrogen) atoms. The van der Waals surface area contributed by atoms with Gasteiger partial charge in [0, 0.05) is 17.7 Å². The van der Waals surface area contributed by atoms with Gasteiger partial charge in [0.25, 0.3) is 0 Å². The van der Waals surface area contributed by atoms with E-state index >= 15 is 0 Å². The first kappa shape index (κ1) is 17.4. The van der Waals surface area contributed by atoms with Gasteiger partial charge >= 0.3 is 0 Å². The molecule has 5 nitrogen and oxygen atoms in total. The maximum Gasteiger partial charge on any atom is 0.225 e. The number of nitrogens with one attached hydrogen (secondary N) is 2. The molecule has 1 atom stereocenters. The van der Waals surface area contributed by atoms with Crippen LogP contribution in [0.25, 0.3) is 11.3 Å². The summed E-state index contributed by atoms with van der Waals surface area (Å²) in [7, 11) is 0. The highest BCUT2D eigenvalue weighted by atomic mass is 15.2. The first-order valence-electron chi connectivity index (χ1n) is 8.66. The standard InChI is InChI=1S/C21H21N5/c1-3-15(2)23-21-25-19(16-9-5-4-6-10-16)13-20(26-21)24-18-12-8-7-11-17(18)14-22/h4-13,15H,3H2,1-2H3,(H2,23,24,25,26)/t15-/m1/s1. The van der Waals surface area contributed by atoms with Gasteiger partial charge < -0.3 is 10.6 Å². The molecule has 0 saturated heterocycles. The molecule has 3 aromatic rings. The Morgan fingerprint density at radius 2 is 1.77 bits per heavy atom. The molecule has 0 saturated carbocycles. The molecule has 1 heterocycles. The number of benzene rings is 2. The quantitative estimate of drug-likeness (QED) is 0.661.